The van der Waals surface area contributed by atoms with Crippen molar-refractivity contribution in [3.05, 3.63) is 75.4 Å². The van der Waals surface area contributed by atoms with E-state index in [9.17, 15) is 24.8 Å². The summed E-state index contributed by atoms with van der Waals surface area (Å²) in [5.74, 6) is -1.40. The molecule has 0 amide bonds. The summed E-state index contributed by atoms with van der Waals surface area (Å²) >= 11 is 0. The van der Waals surface area contributed by atoms with Gasteiger partial charge in [-0.15, -0.1) is 0 Å². The zero-order valence-electron chi connectivity index (χ0n) is 15.5. The number of benzene rings is 2. The Bertz CT molecular complexity index is 1040. The number of fused-ring (bicyclic) bond motifs is 3. The van der Waals surface area contributed by atoms with Gasteiger partial charge in [0.2, 0.25) is 0 Å². The average molecular weight is 394 g/mol. The molecule has 0 spiro atoms. The first-order valence-electron chi connectivity index (χ1n) is 9.13. The van der Waals surface area contributed by atoms with Crippen molar-refractivity contribution in [2.75, 3.05) is 5.32 Å². The van der Waals surface area contributed by atoms with E-state index < -0.39 is 16.9 Å². The Morgan fingerprint density at radius 2 is 1.93 bits per heavy atom. The van der Waals surface area contributed by atoms with E-state index in [1.165, 1.54) is 19.1 Å². The Labute approximate surface area is 166 Å². The second-order valence-electron chi connectivity index (χ2n) is 7.12. The number of rotatable bonds is 4. The maximum Gasteiger partial charge on any atom is 0.337 e. The van der Waals surface area contributed by atoms with E-state index in [1.807, 2.05) is 24.3 Å². The van der Waals surface area contributed by atoms with Crippen LogP contribution in [-0.2, 0) is 4.79 Å². The minimum absolute atomic E-state index is 0.00446. The van der Waals surface area contributed by atoms with Crippen LogP contribution in [0.15, 0.2) is 48.6 Å². The lowest BCUT2D eigenvalue weighted by Gasteiger charge is -2.37. The van der Waals surface area contributed by atoms with E-state index in [4.69, 9.17) is 4.74 Å². The van der Waals surface area contributed by atoms with Crippen LogP contribution in [0.2, 0.25) is 0 Å². The molecular weight excluding hydrogens is 376 g/mol. The van der Waals surface area contributed by atoms with Gasteiger partial charge in [0.1, 0.15) is 5.75 Å². The second kappa shape index (κ2) is 7.05. The average Bonchev–Trinajstić information content (AvgIpc) is 3.16. The van der Waals surface area contributed by atoms with Gasteiger partial charge >= 0.3 is 11.9 Å². The van der Waals surface area contributed by atoms with Crippen LogP contribution in [0.1, 0.15) is 46.8 Å². The summed E-state index contributed by atoms with van der Waals surface area (Å²) in [6.45, 7) is 1.32. The third-order valence-corrected chi connectivity index (χ3v) is 5.42. The van der Waals surface area contributed by atoms with Gasteiger partial charge in [0.15, 0.2) is 0 Å². The molecule has 0 unspecified atom stereocenters. The van der Waals surface area contributed by atoms with Crippen LogP contribution in [0, 0.1) is 16.0 Å². The van der Waals surface area contributed by atoms with Crippen molar-refractivity contribution in [1.29, 1.82) is 0 Å². The minimum atomic E-state index is -1.15. The Hall–Kier alpha value is -3.68. The van der Waals surface area contributed by atoms with Gasteiger partial charge < -0.3 is 15.2 Å². The van der Waals surface area contributed by atoms with Crippen LogP contribution in [0.3, 0.4) is 0 Å². The van der Waals surface area contributed by atoms with Crippen molar-refractivity contribution in [1.82, 2.24) is 0 Å². The maximum absolute atomic E-state index is 11.8. The number of nitrogens with one attached hydrogen (secondary N) is 1. The largest absolute Gasteiger partial charge is 0.478 e. The van der Waals surface area contributed by atoms with E-state index in [0.29, 0.717) is 17.7 Å². The molecule has 4 rings (SSSR count). The Morgan fingerprint density at radius 3 is 2.55 bits per heavy atom. The number of carbonyl (C=O) groups is 2. The maximum atomic E-state index is 11.8. The smallest absolute Gasteiger partial charge is 0.337 e. The van der Waals surface area contributed by atoms with Gasteiger partial charge in [0, 0.05) is 18.9 Å². The number of hydrogen-bond donors (Lipinski definition) is 2. The predicted octanol–water partition coefficient (Wildman–Crippen LogP) is 4.04. The van der Waals surface area contributed by atoms with Gasteiger partial charge in [-0.2, -0.15) is 0 Å². The topological polar surface area (TPSA) is 119 Å². The van der Waals surface area contributed by atoms with Crippen molar-refractivity contribution >= 4 is 23.3 Å². The van der Waals surface area contributed by atoms with Gasteiger partial charge in [-0.3, -0.25) is 14.9 Å². The fraction of sp³-hybridized carbons (Fsp3) is 0.238. The SMILES string of the molecule is CC(=O)Oc1ccc([C@@H]2Nc3c(C(=O)O)ccc([N+](=O)[O-])c3[C@H]3C=CC[C@@H]32)cc1. The molecule has 2 aromatic rings. The van der Waals surface area contributed by atoms with Gasteiger partial charge in [0.25, 0.3) is 5.69 Å². The Balaban J connectivity index is 1.80. The molecule has 1 aliphatic heterocycles. The molecule has 0 saturated carbocycles. The van der Waals surface area contributed by atoms with Crippen molar-refractivity contribution < 1.29 is 24.4 Å². The number of anilines is 1. The van der Waals surface area contributed by atoms with Crippen LogP contribution in [0.5, 0.6) is 5.75 Å². The molecule has 3 atom stereocenters. The van der Waals surface area contributed by atoms with Crippen molar-refractivity contribution in [2.45, 2.75) is 25.3 Å². The molecule has 148 valence electrons. The Morgan fingerprint density at radius 1 is 1.21 bits per heavy atom. The van der Waals surface area contributed by atoms with Crippen LogP contribution in [0.25, 0.3) is 0 Å². The lowest BCUT2D eigenvalue weighted by Crippen LogP contribution is -2.31. The number of aromatic carboxylic acids is 1. The number of nitro benzene ring substituents is 1. The predicted molar refractivity (Wildman–Crippen MR) is 104 cm³/mol. The molecule has 1 aliphatic carbocycles. The first kappa shape index (κ1) is 18.7. The fourth-order valence-electron chi connectivity index (χ4n) is 4.27. The van der Waals surface area contributed by atoms with Gasteiger partial charge in [-0.1, -0.05) is 24.3 Å². The third kappa shape index (κ3) is 3.22. The van der Waals surface area contributed by atoms with E-state index in [-0.39, 0.29) is 34.8 Å². The van der Waals surface area contributed by atoms with Crippen LogP contribution >= 0.6 is 0 Å². The normalized spacial score (nSPS) is 21.6. The summed E-state index contributed by atoms with van der Waals surface area (Å²) in [7, 11) is 0. The molecule has 2 aliphatic rings. The molecule has 0 radical (unpaired) electrons. The number of esters is 1. The monoisotopic (exact) mass is 394 g/mol. The molecule has 0 aromatic heterocycles. The third-order valence-electron chi connectivity index (χ3n) is 5.42. The summed E-state index contributed by atoms with van der Waals surface area (Å²) in [5, 5.41) is 24.5. The summed E-state index contributed by atoms with van der Waals surface area (Å²) in [4.78, 5) is 34.0. The van der Waals surface area contributed by atoms with E-state index in [1.54, 1.807) is 12.1 Å². The highest BCUT2D eigenvalue weighted by Gasteiger charge is 2.43. The summed E-state index contributed by atoms with van der Waals surface area (Å²) in [5.41, 5.74) is 1.51. The summed E-state index contributed by atoms with van der Waals surface area (Å²) in [6, 6.07) is 9.28. The number of allylic oxidation sites excluding steroid dienone is 2. The van der Waals surface area contributed by atoms with Gasteiger partial charge in [0.05, 0.1) is 27.8 Å². The van der Waals surface area contributed by atoms with Crippen LogP contribution < -0.4 is 10.1 Å². The molecule has 0 fully saturated rings. The number of nitro groups is 1. The zero-order chi connectivity index (χ0) is 20.7. The van der Waals surface area contributed by atoms with Crippen molar-refractivity contribution in [3.8, 4) is 5.75 Å². The number of nitrogens with zero attached hydrogens (tertiary/aromatic N) is 1. The fourth-order valence-corrected chi connectivity index (χ4v) is 4.27. The molecular formula is C21H18N2O6. The molecule has 0 saturated heterocycles. The molecule has 29 heavy (non-hydrogen) atoms. The van der Waals surface area contributed by atoms with Crippen molar-refractivity contribution in [2.24, 2.45) is 5.92 Å². The number of carboxylic acids is 1. The molecule has 2 N–H and O–H groups in total. The highest BCUT2D eigenvalue weighted by Crippen LogP contribution is 2.53. The minimum Gasteiger partial charge on any atom is -0.478 e. The molecule has 8 heteroatoms. The molecule has 2 aromatic carbocycles. The highest BCUT2D eigenvalue weighted by molar-refractivity contribution is 5.97. The summed E-state index contributed by atoms with van der Waals surface area (Å²) < 4.78 is 5.07. The lowest BCUT2D eigenvalue weighted by molar-refractivity contribution is -0.385. The molecule has 1 heterocycles. The quantitative estimate of drug-likeness (QED) is 0.264. The van der Waals surface area contributed by atoms with E-state index >= 15 is 0 Å². The molecule has 8 nitrogen and oxygen atoms in total. The first-order valence-corrected chi connectivity index (χ1v) is 9.13. The number of carbonyl (C=O) groups excluding carboxylic acids is 1. The standard InChI is InChI=1S/C21H18N2O6/c1-11(24)29-13-7-5-12(6-8-13)19-15-4-2-3-14(15)18-17(23(27)28)10-9-16(21(25)26)20(18)22-19/h2-3,5-10,14-15,19,22H,4H2,1H3,(H,25,26)/t14-,15-,19-/m0/s1. The van der Waals surface area contributed by atoms with Crippen molar-refractivity contribution in [3.63, 3.8) is 0 Å². The summed E-state index contributed by atoms with van der Waals surface area (Å²) in [6.07, 6.45) is 4.61. The number of carboxylic acid groups (broad SMARTS) is 1. The highest BCUT2D eigenvalue weighted by atomic mass is 16.6. The number of ether oxygens (including phenoxy) is 1. The lowest BCUT2D eigenvalue weighted by atomic mass is 9.75. The van der Waals surface area contributed by atoms with E-state index in [0.717, 1.165) is 5.56 Å². The number of hydrogen-bond acceptors (Lipinski definition) is 6. The van der Waals surface area contributed by atoms with Crippen LogP contribution in [-0.4, -0.2) is 22.0 Å². The first-order chi connectivity index (χ1) is 13.9. The zero-order valence-corrected chi connectivity index (χ0v) is 15.5. The van der Waals surface area contributed by atoms with Gasteiger partial charge in [-0.25, -0.2) is 4.79 Å². The van der Waals surface area contributed by atoms with E-state index in [2.05, 4.69) is 5.32 Å². The molecule has 0 bridgehead atoms. The Kier molecular flexibility index (Phi) is 4.54. The van der Waals surface area contributed by atoms with Crippen LogP contribution in [0.4, 0.5) is 11.4 Å². The van der Waals surface area contributed by atoms with Gasteiger partial charge in [-0.05, 0) is 36.1 Å². The second-order valence-corrected chi connectivity index (χ2v) is 7.12.